The predicted octanol–water partition coefficient (Wildman–Crippen LogP) is -0.175. The summed E-state index contributed by atoms with van der Waals surface area (Å²) < 4.78 is 0. The summed E-state index contributed by atoms with van der Waals surface area (Å²) in [4.78, 5) is 13.7. The Morgan fingerprint density at radius 3 is 2.93 bits per heavy atom. The molecule has 4 heteroatoms. The second-order valence-corrected chi connectivity index (χ2v) is 4.20. The molecule has 2 N–H and O–H groups in total. The van der Waals surface area contributed by atoms with E-state index in [1.54, 1.807) is 0 Å². The molecule has 0 bridgehead atoms. The molecule has 82 valence electrons. The van der Waals surface area contributed by atoms with Gasteiger partial charge in [-0.25, -0.2) is 0 Å². The highest BCUT2D eigenvalue weighted by Crippen LogP contribution is 2.07. The van der Waals surface area contributed by atoms with Crippen molar-refractivity contribution in [3.8, 4) is 0 Å². The summed E-state index contributed by atoms with van der Waals surface area (Å²) >= 11 is 0. The van der Waals surface area contributed by atoms with E-state index in [0.29, 0.717) is 12.3 Å². The van der Waals surface area contributed by atoms with E-state index in [1.807, 2.05) is 4.90 Å². The largest absolute Gasteiger partial charge is 0.396 e. The summed E-state index contributed by atoms with van der Waals surface area (Å²) in [6.45, 7) is 6.73. The molecule has 1 heterocycles. The van der Waals surface area contributed by atoms with Gasteiger partial charge in [-0.15, -0.1) is 0 Å². The zero-order valence-electron chi connectivity index (χ0n) is 8.99. The summed E-state index contributed by atoms with van der Waals surface area (Å²) in [6.07, 6.45) is 0.521. The minimum atomic E-state index is -0.174. The minimum Gasteiger partial charge on any atom is -0.396 e. The van der Waals surface area contributed by atoms with Crippen LogP contribution in [0.1, 0.15) is 20.3 Å². The molecule has 1 fully saturated rings. The van der Waals surface area contributed by atoms with Gasteiger partial charge >= 0.3 is 0 Å². The van der Waals surface area contributed by atoms with Crippen molar-refractivity contribution >= 4 is 5.91 Å². The topological polar surface area (TPSA) is 52.6 Å². The summed E-state index contributed by atoms with van der Waals surface area (Å²) in [5.74, 6) is 0.644. The number of hydrogen-bond acceptors (Lipinski definition) is 3. The zero-order valence-corrected chi connectivity index (χ0v) is 8.99. The fraction of sp³-hybridized carbons (Fsp3) is 0.900. The summed E-state index contributed by atoms with van der Waals surface area (Å²) in [6, 6.07) is -0.174. The highest BCUT2D eigenvalue weighted by molar-refractivity contribution is 5.82. The second kappa shape index (κ2) is 5.32. The minimum absolute atomic E-state index is 0.0684. The standard InChI is InChI=1S/C10H20N2O2/c1-8(2)7-12-5-4-11-9(3-6-13)10(12)14/h8-9,11,13H,3-7H2,1-2H3. The number of rotatable bonds is 4. The lowest BCUT2D eigenvalue weighted by molar-refractivity contribution is -0.136. The third-order valence-electron chi connectivity index (χ3n) is 2.39. The van der Waals surface area contributed by atoms with Gasteiger partial charge in [-0.3, -0.25) is 4.79 Å². The maximum absolute atomic E-state index is 11.8. The lowest BCUT2D eigenvalue weighted by Gasteiger charge is -2.34. The molecular weight excluding hydrogens is 180 g/mol. The highest BCUT2D eigenvalue weighted by atomic mass is 16.3. The molecule has 14 heavy (non-hydrogen) atoms. The first kappa shape index (κ1) is 11.5. The quantitative estimate of drug-likeness (QED) is 0.662. The van der Waals surface area contributed by atoms with E-state index in [2.05, 4.69) is 19.2 Å². The lowest BCUT2D eigenvalue weighted by Crippen LogP contribution is -2.55. The molecule has 1 saturated heterocycles. The first-order valence-electron chi connectivity index (χ1n) is 5.28. The molecule has 0 aromatic rings. The van der Waals surface area contributed by atoms with Crippen LogP contribution in [-0.4, -0.2) is 48.2 Å². The van der Waals surface area contributed by atoms with Gasteiger partial charge in [-0.05, 0) is 12.3 Å². The first-order chi connectivity index (χ1) is 6.65. The van der Waals surface area contributed by atoms with E-state index in [0.717, 1.165) is 19.6 Å². The van der Waals surface area contributed by atoms with Gasteiger partial charge in [0.2, 0.25) is 5.91 Å². The van der Waals surface area contributed by atoms with Crippen molar-refractivity contribution in [2.45, 2.75) is 26.3 Å². The molecule has 0 aliphatic carbocycles. The van der Waals surface area contributed by atoms with Gasteiger partial charge in [-0.1, -0.05) is 13.8 Å². The van der Waals surface area contributed by atoms with E-state index in [1.165, 1.54) is 0 Å². The zero-order chi connectivity index (χ0) is 10.6. The molecule has 1 unspecified atom stereocenters. The number of amides is 1. The van der Waals surface area contributed by atoms with E-state index in [9.17, 15) is 4.79 Å². The molecule has 1 atom stereocenters. The van der Waals surface area contributed by atoms with Gasteiger partial charge in [0.25, 0.3) is 0 Å². The molecule has 0 aromatic carbocycles. The molecule has 4 nitrogen and oxygen atoms in total. The van der Waals surface area contributed by atoms with Crippen LogP contribution in [0, 0.1) is 5.92 Å². The van der Waals surface area contributed by atoms with Crippen LogP contribution >= 0.6 is 0 Å². The van der Waals surface area contributed by atoms with Gasteiger partial charge in [0.15, 0.2) is 0 Å². The van der Waals surface area contributed by atoms with Gasteiger partial charge in [0, 0.05) is 26.2 Å². The van der Waals surface area contributed by atoms with Crippen molar-refractivity contribution in [1.82, 2.24) is 10.2 Å². The summed E-state index contributed by atoms with van der Waals surface area (Å²) in [5.41, 5.74) is 0. The average Bonchev–Trinajstić information content (AvgIpc) is 2.11. The van der Waals surface area contributed by atoms with Crippen molar-refractivity contribution < 1.29 is 9.90 Å². The van der Waals surface area contributed by atoms with Crippen LogP contribution in [0.15, 0.2) is 0 Å². The molecule has 0 aromatic heterocycles. The van der Waals surface area contributed by atoms with Gasteiger partial charge in [-0.2, -0.15) is 0 Å². The number of hydrogen-bond donors (Lipinski definition) is 2. The third kappa shape index (κ3) is 2.96. The Labute approximate surface area is 85.3 Å². The Balaban J connectivity index is 2.48. The van der Waals surface area contributed by atoms with Crippen LogP contribution in [0.5, 0.6) is 0 Å². The summed E-state index contributed by atoms with van der Waals surface area (Å²) in [7, 11) is 0. The molecular formula is C10H20N2O2. The Morgan fingerprint density at radius 2 is 2.36 bits per heavy atom. The van der Waals surface area contributed by atoms with Gasteiger partial charge in [0.1, 0.15) is 0 Å². The normalized spacial score (nSPS) is 23.3. The SMILES string of the molecule is CC(C)CN1CCNC(CCO)C1=O. The molecule has 1 rings (SSSR count). The van der Waals surface area contributed by atoms with E-state index in [-0.39, 0.29) is 18.6 Å². The maximum atomic E-state index is 11.8. The van der Waals surface area contributed by atoms with E-state index in [4.69, 9.17) is 5.11 Å². The fourth-order valence-electron chi connectivity index (χ4n) is 1.77. The highest BCUT2D eigenvalue weighted by Gasteiger charge is 2.27. The smallest absolute Gasteiger partial charge is 0.239 e. The monoisotopic (exact) mass is 200 g/mol. The van der Waals surface area contributed by atoms with Gasteiger partial charge in [0.05, 0.1) is 6.04 Å². The number of piperazine rings is 1. The van der Waals surface area contributed by atoms with Crippen LogP contribution in [0.3, 0.4) is 0 Å². The van der Waals surface area contributed by atoms with Crippen LogP contribution in [0.4, 0.5) is 0 Å². The average molecular weight is 200 g/mol. The number of nitrogens with zero attached hydrogens (tertiary/aromatic N) is 1. The molecule has 0 saturated carbocycles. The second-order valence-electron chi connectivity index (χ2n) is 4.20. The predicted molar refractivity (Wildman–Crippen MR) is 54.9 cm³/mol. The van der Waals surface area contributed by atoms with Crippen molar-refractivity contribution in [3.05, 3.63) is 0 Å². The fourth-order valence-corrected chi connectivity index (χ4v) is 1.77. The first-order valence-corrected chi connectivity index (χ1v) is 5.28. The Bertz CT molecular complexity index is 193. The molecule has 0 radical (unpaired) electrons. The Hall–Kier alpha value is -0.610. The third-order valence-corrected chi connectivity index (χ3v) is 2.39. The number of aliphatic hydroxyl groups excluding tert-OH is 1. The molecule has 1 aliphatic rings. The van der Waals surface area contributed by atoms with Crippen LogP contribution in [0.2, 0.25) is 0 Å². The van der Waals surface area contributed by atoms with E-state index < -0.39 is 0 Å². The van der Waals surface area contributed by atoms with E-state index >= 15 is 0 Å². The molecule has 1 aliphatic heterocycles. The van der Waals surface area contributed by atoms with Crippen LogP contribution in [0.25, 0.3) is 0 Å². The van der Waals surface area contributed by atoms with Crippen LogP contribution < -0.4 is 5.32 Å². The number of carbonyl (C=O) groups excluding carboxylic acids is 1. The maximum Gasteiger partial charge on any atom is 0.239 e. The molecule has 0 spiro atoms. The Morgan fingerprint density at radius 1 is 1.64 bits per heavy atom. The number of aliphatic hydroxyl groups is 1. The van der Waals surface area contributed by atoms with Gasteiger partial charge < -0.3 is 15.3 Å². The Kier molecular flexibility index (Phi) is 4.35. The van der Waals surface area contributed by atoms with Crippen molar-refractivity contribution in [2.24, 2.45) is 5.92 Å². The number of nitrogens with one attached hydrogen (secondary N) is 1. The number of carbonyl (C=O) groups is 1. The van der Waals surface area contributed by atoms with Crippen molar-refractivity contribution in [1.29, 1.82) is 0 Å². The van der Waals surface area contributed by atoms with Crippen molar-refractivity contribution in [3.63, 3.8) is 0 Å². The van der Waals surface area contributed by atoms with Crippen molar-refractivity contribution in [2.75, 3.05) is 26.2 Å². The lowest BCUT2D eigenvalue weighted by atomic mass is 10.1. The molecule has 1 amide bonds. The summed E-state index contributed by atoms with van der Waals surface area (Å²) in [5, 5.41) is 11.9. The van der Waals surface area contributed by atoms with Crippen LogP contribution in [-0.2, 0) is 4.79 Å².